The summed E-state index contributed by atoms with van der Waals surface area (Å²) in [6, 6.07) is 14.4. The van der Waals surface area contributed by atoms with Gasteiger partial charge in [-0.15, -0.1) is 0 Å². The molecule has 1 fully saturated rings. The molecule has 1 saturated heterocycles. The molecule has 1 aromatic heterocycles. The first kappa shape index (κ1) is 15.4. The molecule has 0 saturated carbocycles. The number of nitrogens with one attached hydrogen (secondary N) is 1. The minimum absolute atomic E-state index is 0.254. The van der Waals surface area contributed by atoms with E-state index >= 15 is 0 Å². The van der Waals surface area contributed by atoms with E-state index in [4.69, 9.17) is 0 Å². The number of aromatic nitrogens is 2. The van der Waals surface area contributed by atoms with Gasteiger partial charge in [-0.1, -0.05) is 35.9 Å². The Balaban J connectivity index is 1.91. The van der Waals surface area contributed by atoms with Crippen molar-refractivity contribution in [3.8, 4) is 0 Å². The average molecular weight is 341 g/mol. The van der Waals surface area contributed by atoms with Crippen LogP contribution in [-0.2, 0) is 10.0 Å². The highest BCUT2D eigenvalue weighted by Crippen LogP contribution is 2.30. The molecule has 0 amide bonds. The Bertz CT molecular complexity index is 985. The molecule has 0 aliphatic carbocycles. The van der Waals surface area contributed by atoms with Crippen molar-refractivity contribution in [1.82, 2.24) is 14.5 Å². The molecule has 4 rings (SSSR count). The van der Waals surface area contributed by atoms with Gasteiger partial charge in [0.25, 0.3) is 10.0 Å². The summed E-state index contributed by atoms with van der Waals surface area (Å²) >= 11 is 0. The first-order valence-electron chi connectivity index (χ1n) is 8.08. The quantitative estimate of drug-likeness (QED) is 0.795. The van der Waals surface area contributed by atoms with E-state index in [-0.39, 0.29) is 10.8 Å². The van der Waals surface area contributed by atoms with Crippen molar-refractivity contribution in [2.75, 3.05) is 13.1 Å². The summed E-state index contributed by atoms with van der Waals surface area (Å²) < 4.78 is 27.3. The lowest BCUT2D eigenvalue weighted by Gasteiger charge is -2.06. The van der Waals surface area contributed by atoms with Crippen molar-refractivity contribution in [2.24, 2.45) is 0 Å². The average Bonchev–Trinajstić information content (AvgIpc) is 3.23. The Morgan fingerprint density at radius 1 is 1.12 bits per heavy atom. The molecule has 0 bridgehead atoms. The number of aryl methyl sites for hydroxylation is 1. The highest BCUT2D eigenvalue weighted by molar-refractivity contribution is 7.90. The second-order valence-corrected chi connectivity index (χ2v) is 8.02. The molecule has 1 N–H and O–H groups in total. The minimum atomic E-state index is -3.71. The first-order chi connectivity index (χ1) is 11.6. The number of hydrogen-bond donors (Lipinski definition) is 1. The van der Waals surface area contributed by atoms with Crippen molar-refractivity contribution in [3.05, 3.63) is 59.8 Å². The van der Waals surface area contributed by atoms with Gasteiger partial charge in [0.1, 0.15) is 0 Å². The number of hydrogen-bond acceptors (Lipinski definition) is 4. The predicted molar refractivity (Wildman–Crippen MR) is 93.7 cm³/mol. The summed E-state index contributed by atoms with van der Waals surface area (Å²) in [7, 11) is -3.71. The third-order valence-electron chi connectivity index (χ3n) is 4.58. The zero-order chi connectivity index (χ0) is 16.7. The van der Waals surface area contributed by atoms with Crippen molar-refractivity contribution in [3.63, 3.8) is 0 Å². The fourth-order valence-electron chi connectivity index (χ4n) is 3.25. The van der Waals surface area contributed by atoms with Gasteiger partial charge in [0.15, 0.2) is 0 Å². The molecule has 5 nitrogen and oxygen atoms in total. The van der Waals surface area contributed by atoms with Crippen molar-refractivity contribution >= 4 is 20.9 Å². The van der Waals surface area contributed by atoms with Crippen LogP contribution in [0.4, 0.5) is 0 Å². The van der Waals surface area contributed by atoms with Gasteiger partial charge in [-0.3, -0.25) is 0 Å². The van der Waals surface area contributed by atoms with E-state index in [0.29, 0.717) is 5.52 Å². The molecule has 1 aliphatic heterocycles. The third-order valence-corrected chi connectivity index (χ3v) is 6.18. The number of benzene rings is 2. The van der Waals surface area contributed by atoms with Crippen LogP contribution in [0.3, 0.4) is 0 Å². The van der Waals surface area contributed by atoms with E-state index in [2.05, 4.69) is 10.4 Å². The molecule has 3 aromatic rings. The van der Waals surface area contributed by atoms with E-state index in [0.717, 1.165) is 36.2 Å². The second-order valence-electron chi connectivity index (χ2n) is 6.25. The Labute approximate surface area is 141 Å². The zero-order valence-corrected chi connectivity index (χ0v) is 14.3. The SMILES string of the molecule is Cc1ccc(S(=O)(=O)n2nc(C3CCNC3)c3ccccc32)cc1. The number of fused-ring (bicyclic) bond motifs is 1. The minimum Gasteiger partial charge on any atom is -0.316 e. The van der Waals surface area contributed by atoms with E-state index in [9.17, 15) is 8.42 Å². The largest absolute Gasteiger partial charge is 0.316 e. The topological polar surface area (TPSA) is 64.0 Å². The molecule has 2 heterocycles. The lowest BCUT2D eigenvalue weighted by Crippen LogP contribution is -2.15. The summed E-state index contributed by atoms with van der Waals surface area (Å²) in [5.41, 5.74) is 2.53. The molecular formula is C18H19N3O2S. The van der Waals surface area contributed by atoms with Crippen molar-refractivity contribution in [1.29, 1.82) is 0 Å². The molecule has 0 radical (unpaired) electrons. The van der Waals surface area contributed by atoms with E-state index in [1.165, 1.54) is 4.09 Å². The zero-order valence-electron chi connectivity index (χ0n) is 13.4. The van der Waals surface area contributed by atoms with E-state index in [1.807, 2.05) is 31.2 Å². The fourth-order valence-corrected chi connectivity index (χ4v) is 4.54. The Morgan fingerprint density at radius 3 is 2.58 bits per heavy atom. The molecule has 2 aromatic carbocycles. The molecule has 124 valence electrons. The van der Waals surface area contributed by atoms with Crippen LogP contribution in [0.25, 0.3) is 10.9 Å². The van der Waals surface area contributed by atoms with Crippen molar-refractivity contribution in [2.45, 2.75) is 24.2 Å². The monoisotopic (exact) mass is 341 g/mol. The maximum Gasteiger partial charge on any atom is 0.283 e. The van der Waals surface area contributed by atoms with Crippen LogP contribution >= 0.6 is 0 Å². The van der Waals surface area contributed by atoms with Gasteiger partial charge in [-0.2, -0.15) is 17.6 Å². The van der Waals surface area contributed by atoms with Gasteiger partial charge in [0, 0.05) is 17.8 Å². The second kappa shape index (κ2) is 5.72. The first-order valence-corrected chi connectivity index (χ1v) is 9.52. The third kappa shape index (κ3) is 2.42. The fraction of sp³-hybridized carbons (Fsp3) is 0.278. The van der Waals surface area contributed by atoms with E-state index in [1.54, 1.807) is 24.3 Å². The summed E-state index contributed by atoms with van der Waals surface area (Å²) in [5.74, 6) is 0.254. The van der Waals surface area contributed by atoms with Gasteiger partial charge in [-0.25, -0.2) is 0 Å². The lowest BCUT2D eigenvalue weighted by molar-refractivity contribution is 0.580. The molecule has 1 aliphatic rings. The standard InChI is InChI=1S/C18H19N3O2S/c1-13-6-8-15(9-7-13)24(22,23)21-17-5-3-2-4-16(17)18(20-21)14-10-11-19-12-14/h2-9,14,19H,10-12H2,1H3. The Kier molecular flexibility index (Phi) is 3.66. The number of rotatable bonds is 3. The van der Waals surface area contributed by atoms with Crippen LogP contribution in [0, 0.1) is 6.92 Å². The summed E-state index contributed by atoms with van der Waals surface area (Å²) in [5, 5.41) is 8.77. The Morgan fingerprint density at radius 2 is 1.88 bits per heavy atom. The summed E-state index contributed by atoms with van der Waals surface area (Å²) in [6.45, 7) is 3.72. The van der Waals surface area contributed by atoms with Crippen LogP contribution in [-0.4, -0.2) is 30.7 Å². The van der Waals surface area contributed by atoms with Crippen LogP contribution in [0.5, 0.6) is 0 Å². The normalized spacial score (nSPS) is 18.3. The number of nitrogens with zero attached hydrogens (tertiary/aromatic N) is 2. The molecular weight excluding hydrogens is 322 g/mol. The van der Waals surface area contributed by atoms with Gasteiger partial charge in [0.2, 0.25) is 0 Å². The maximum atomic E-state index is 13.1. The van der Waals surface area contributed by atoms with Crippen LogP contribution < -0.4 is 5.32 Å². The van der Waals surface area contributed by atoms with Gasteiger partial charge >= 0.3 is 0 Å². The summed E-state index contributed by atoms with van der Waals surface area (Å²) in [4.78, 5) is 0.262. The highest BCUT2D eigenvalue weighted by Gasteiger charge is 2.27. The highest BCUT2D eigenvalue weighted by atomic mass is 32.2. The molecule has 6 heteroatoms. The molecule has 1 unspecified atom stereocenters. The number of para-hydroxylation sites is 1. The smallest absolute Gasteiger partial charge is 0.283 e. The lowest BCUT2D eigenvalue weighted by atomic mass is 10.0. The van der Waals surface area contributed by atoms with Gasteiger partial charge < -0.3 is 5.32 Å². The predicted octanol–water partition coefficient (Wildman–Crippen LogP) is 2.66. The molecule has 24 heavy (non-hydrogen) atoms. The van der Waals surface area contributed by atoms with Crippen LogP contribution in [0.1, 0.15) is 23.6 Å². The Hall–Kier alpha value is -2.18. The van der Waals surface area contributed by atoms with Crippen molar-refractivity contribution < 1.29 is 8.42 Å². The van der Waals surface area contributed by atoms with Gasteiger partial charge in [-0.05, 0) is 38.1 Å². The van der Waals surface area contributed by atoms with Gasteiger partial charge in [0.05, 0.1) is 16.1 Å². The summed E-state index contributed by atoms with van der Waals surface area (Å²) in [6.07, 6.45) is 0.978. The maximum absolute atomic E-state index is 13.1. The van der Waals surface area contributed by atoms with Crippen LogP contribution in [0.15, 0.2) is 53.4 Å². The molecule has 1 atom stereocenters. The molecule has 0 spiro atoms. The van der Waals surface area contributed by atoms with E-state index < -0.39 is 10.0 Å². The van der Waals surface area contributed by atoms with Crippen LogP contribution in [0.2, 0.25) is 0 Å².